The molecule has 0 aromatic heterocycles. The standard InChI is InChI=1S/C18H24N2O4/c1-19(12-5-7-17(22)24-2)18(23)14-8-10-15(11-9-14)20-13-4-3-6-16(20)21/h8-11H,3-7,12-13H2,1-2H3. The van der Waals surface area contributed by atoms with Gasteiger partial charge in [0, 0.05) is 44.2 Å². The molecule has 0 aliphatic carbocycles. The van der Waals surface area contributed by atoms with E-state index in [9.17, 15) is 14.4 Å². The normalized spacial score (nSPS) is 14.4. The number of ether oxygens (including phenoxy) is 1. The maximum atomic E-state index is 12.4. The topological polar surface area (TPSA) is 66.9 Å². The van der Waals surface area contributed by atoms with Gasteiger partial charge in [0.2, 0.25) is 5.91 Å². The van der Waals surface area contributed by atoms with Crippen molar-refractivity contribution >= 4 is 23.5 Å². The fourth-order valence-corrected chi connectivity index (χ4v) is 2.75. The lowest BCUT2D eigenvalue weighted by molar-refractivity contribution is -0.140. The summed E-state index contributed by atoms with van der Waals surface area (Å²) >= 11 is 0. The molecule has 0 N–H and O–H groups in total. The highest BCUT2D eigenvalue weighted by Crippen LogP contribution is 2.21. The van der Waals surface area contributed by atoms with Crippen LogP contribution in [-0.4, -0.2) is 49.9 Å². The van der Waals surface area contributed by atoms with E-state index < -0.39 is 0 Å². The van der Waals surface area contributed by atoms with Gasteiger partial charge in [-0.2, -0.15) is 0 Å². The van der Waals surface area contributed by atoms with E-state index in [4.69, 9.17) is 0 Å². The summed E-state index contributed by atoms with van der Waals surface area (Å²) in [5, 5.41) is 0. The molecular formula is C18H24N2O4. The van der Waals surface area contributed by atoms with Crippen LogP contribution < -0.4 is 4.90 Å². The van der Waals surface area contributed by atoms with Crippen molar-refractivity contribution in [1.29, 1.82) is 0 Å². The summed E-state index contributed by atoms with van der Waals surface area (Å²) in [5.41, 5.74) is 1.41. The average molecular weight is 332 g/mol. The van der Waals surface area contributed by atoms with Crippen LogP contribution in [0.1, 0.15) is 42.5 Å². The summed E-state index contributed by atoms with van der Waals surface area (Å²) in [6, 6.07) is 7.13. The predicted molar refractivity (Wildman–Crippen MR) is 90.9 cm³/mol. The van der Waals surface area contributed by atoms with E-state index in [0.717, 1.165) is 25.1 Å². The molecule has 1 heterocycles. The third-order valence-corrected chi connectivity index (χ3v) is 4.20. The fourth-order valence-electron chi connectivity index (χ4n) is 2.75. The van der Waals surface area contributed by atoms with E-state index in [1.807, 2.05) is 12.1 Å². The Morgan fingerprint density at radius 1 is 1.21 bits per heavy atom. The number of nitrogens with zero attached hydrogens (tertiary/aromatic N) is 2. The molecule has 1 aliphatic rings. The molecule has 130 valence electrons. The minimum absolute atomic E-state index is 0.101. The zero-order valence-electron chi connectivity index (χ0n) is 14.3. The van der Waals surface area contributed by atoms with Gasteiger partial charge in [0.25, 0.3) is 5.91 Å². The van der Waals surface area contributed by atoms with Crippen molar-refractivity contribution in [1.82, 2.24) is 4.90 Å². The molecule has 1 aromatic rings. The molecule has 0 bridgehead atoms. The second-order valence-corrected chi connectivity index (χ2v) is 5.96. The number of anilines is 1. The summed E-state index contributed by atoms with van der Waals surface area (Å²) in [4.78, 5) is 38.8. The Kier molecular flexibility index (Phi) is 6.35. The SMILES string of the molecule is COC(=O)CCCN(C)C(=O)c1ccc(N2CCCCC2=O)cc1. The number of piperidine rings is 1. The lowest BCUT2D eigenvalue weighted by atomic mass is 10.1. The molecule has 2 amide bonds. The van der Waals surface area contributed by atoms with Gasteiger partial charge in [-0.3, -0.25) is 14.4 Å². The Bertz CT molecular complexity index is 598. The number of carbonyl (C=O) groups excluding carboxylic acids is 3. The van der Waals surface area contributed by atoms with Crippen LogP contribution in [0.2, 0.25) is 0 Å². The van der Waals surface area contributed by atoms with Crippen molar-refractivity contribution in [2.45, 2.75) is 32.1 Å². The quantitative estimate of drug-likeness (QED) is 0.749. The molecule has 0 unspecified atom stereocenters. The van der Waals surface area contributed by atoms with Gasteiger partial charge in [0.05, 0.1) is 7.11 Å². The summed E-state index contributed by atoms with van der Waals surface area (Å²) in [6.07, 6.45) is 3.40. The third-order valence-electron chi connectivity index (χ3n) is 4.20. The van der Waals surface area contributed by atoms with E-state index in [-0.39, 0.29) is 17.8 Å². The Morgan fingerprint density at radius 2 is 1.92 bits per heavy atom. The molecule has 0 spiro atoms. The van der Waals surface area contributed by atoms with E-state index in [1.54, 1.807) is 29.0 Å². The summed E-state index contributed by atoms with van der Waals surface area (Å²) < 4.78 is 4.58. The minimum Gasteiger partial charge on any atom is -0.469 e. The van der Waals surface area contributed by atoms with Gasteiger partial charge in [0.1, 0.15) is 0 Å². The lowest BCUT2D eigenvalue weighted by Gasteiger charge is -2.27. The summed E-state index contributed by atoms with van der Waals surface area (Å²) in [7, 11) is 3.06. The van der Waals surface area contributed by atoms with Crippen LogP contribution in [0, 0.1) is 0 Å². The number of amides is 2. The summed E-state index contributed by atoms with van der Waals surface area (Å²) in [5.74, 6) is -0.233. The van der Waals surface area contributed by atoms with Crippen LogP contribution in [0.5, 0.6) is 0 Å². The van der Waals surface area contributed by atoms with Crippen LogP contribution in [-0.2, 0) is 14.3 Å². The van der Waals surface area contributed by atoms with E-state index in [0.29, 0.717) is 31.4 Å². The smallest absolute Gasteiger partial charge is 0.305 e. The van der Waals surface area contributed by atoms with Crippen LogP contribution in [0.4, 0.5) is 5.69 Å². The molecule has 6 nitrogen and oxygen atoms in total. The number of esters is 1. The van der Waals surface area contributed by atoms with Crippen molar-refractivity contribution in [2.24, 2.45) is 0 Å². The first kappa shape index (κ1) is 18.0. The minimum atomic E-state index is -0.272. The molecule has 1 aromatic carbocycles. The summed E-state index contributed by atoms with van der Waals surface area (Å²) in [6.45, 7) is 1.22. The number of benzene rings is 1. The first-order chi connectivity index (χ1) is 11.5. The maximum absolute atomic E-state index is 12.4. The molecule has 2 rings (SSSR count). The highest BCUT2D eigenvalue weighted by molar-refractivity contribution is 5.96. The zero-order chi connectivity index (χ0) is 17.5. The monoisotopic (exact) mass is 332 g/mol. The first-order valence-corrected chi connectivity index (χ1v) is 8.25. The van der Waals surface area contributed by atoms with Gasteiger partial charge in [0.15, 0.2) is 0 Å². The molecule has 0 atom stereocenters. The lowest BCUT2D eigenvalue weighted by Crippen LogP contribution is -2.35. The maximum Gasteiger partial charge on any atom is 0.305 e. The number of rotatable bonds is 6. The van der Waals surface area contributed by atoms with Gasteiger partial charge in [-0.15, -0.1) is 0 Å². The number of methoxy groups -OCH3 is 1. The zero-order valence-corrected chi connectivity index (χ0v) is 14.3. The highest BCUT2D eigenvalue weighted by atomic mass is 16.5. The molecule has 24 heavy (non-hydrogen) atoms. The largest absolute Gasteiger partial charge is 0.469 e. The molecule has 0 saturated carbocycles. The van der Waals surface area contributed by atoms with Crippen molar-refractivity contribution in [3.05, 3.63) is 29.8 Å². The number of hydrogen-bond acceptors (Lipinski definition) is 4. The molecule has 0 radical (unpaired) electrons. The van der Waals surface area contributed by atoms with Crippen LogP contribution in [0.25, 0.3) is 0 Å². The molecule has 1 fully saturated rings. The second-order valence-electron chi connectivity index (χ2n) is 5.96. The Morgan fingerprint density at radius 3 is 2.54 bits per heavy atom. The highest BCUT2D eigenvalue weighted by Gasteiger charge is 2.20. The van der Waals surface area contributed by atoms with Crippen LogP contribution >= 0.6 is 0 Å². The molecule has 1 aliphatic heterocycles. The Hall–Kier alpha value is -2.37. The van der Waals surface area contributed by atoms with E-state index in [1.165, 1.54) is 7.11 Å². The van der Waals surface area contributed by atoms with Gasteiger partial charge in [-0.25, -0.2) is 0 Å². The van der Waals surface area contributed by atoms with Crippen LogP contribution in [0.3, 0.4) is 0 Å². The van der Waals surface area contributed by atoms with Gasteiger partial charge in [-0.05, 0) is 43.5 Å². The Labute approximate surface area is 142 Å². The van der Waals surface area contributed by atoms with Crippen molar-refractivity contribution < 1.29 is 19.1 Å². The second kappa shape index (κ2) is 8.47. The van der Waals surface area contributed by atoms with Gasteiger partial charge < -0.3 is 14.5 Å². The molecule has 1 saturated heterocycles. The number of carbonyl (C=O) groups is 3. The van der Waals surface area contributed by atoms with Gasteiger partial charge in [-0.1, -0.05) is 0 Å². The van der Waals surface area contributed by atoms with Gasteiger partial charge >= 0.3 is 5.97 Å². The van der Waals surface area contributed by atoms with Crippen molar-refractivity contribution in [3.8, 4) is 0 Å². The predicted octanol–water partition coefficient (Wildman–Crippen LogP) is 2.23. The van der Waals surface area contributed by atoms with Crippen molar-refractivity contribution in [2.75, 3.05) is 32.1 Å². The fraction of sp³-hybridized carbons (Fsp3) is 0.500. The van der Waals surface area contributed by atoms with E-state index >= 15 is 0 Å². The average Bonchev–Trinajstić information content (AvgIpc) is 2.61. The van der Waals surface area contributed by atoms with Crippen LogP contribution in [0.15, 0.2) is 24.3 Å². The molecular weight excluding hydrogens is 308 g/mol. The number of hydrogen-bond donors (Lipinski definition) is 0. The van der Waals surface area contributed by atoms with E-state index in [2.05, 4.69) is 4.74 Å². The Balaban J connectivity index is 1.93. The molecule has 6 heteroatoms. The van der Waals surface area contributed by atoms with Crippen molar-refractivity contribution in [3.63, 3.8) is 0 Å². The first-order valence-electron chi connectivity index (χ1n) is 8.25. The third kappa shape index (κ3) is 4.57.